The van der Waals surface area contributed by atoms with Crippen molar-refractivity contribution >= 4 is 5.97 Å². The molecule has 0 bridgehead atoms. The normalized spacial score (nSPS) is 20.6. The van der Waals surface area contributed by atoms with Gasteiger partial charge in [0.1, 0.15) is 11.3 Å². The topological polar surface area (TPSA) is 53.3 Å². The smallest absolute Gasteiger partial charge is 0.341 e. The molecular weight excluding hydrogens is 436 g/mol. The SMILES string of the molecule is C#C[C@@H]1C[C@@H]1c1c(C(=O)OC)cnn1-c1cccc(-c2cccc(O[C@@H](C)C3CCCCC3)c2)c1. The zero-order valence-corrected chi connectivity index (χ0v) is 20.4. The molecule has 5 nitrogen and oxygen atoms in total. The number of hydrogen-bond acceptors (Lipinski definition) is 4. The van der Waals surface area contributed by atoms with Crippen molar-refractivity contribution in [1.82, 2.24) is 9.78 Å². The summed E-state index contributed by atoms with van der Waals surface area (Å²) < 4.78 is 13.2. The van der Waals surface area contributed by atoms with Crippen LogP contribution in [0.15, 0.2) is 54.7 Å². The molecule has 0 radical (unpaired) electrons. The second kappa shape index (κ2) is 10.00. The van der Waals surface area contributed by atoms with Crippen molar-refractivity contribution in [2.75, 3.05) is 7.11 Å². The molecule has 3 aromatic rings. The van der Waals surface area contributed by atoms with E-state index in [1.165, 1.54) is 39.2 Å². The van der Waals surface area contributed by atoms with Gasteiger partial charge in [-0.3, -0.25) is 0 Å². The molecule has 1 heterocycles. The van der Waals surface area contributed by atoms with Gasteiger partial charge in [-0.1, -0.05) is 43.5 Å². The number of esters is 1. The fourth-order valence-electron chi connectivity index (χ4n) is 5.35. The first kappa shape index (κ1) is 23.2. The first-order valence-electron chi connectivity index (χ1n) is 12.6. The van der Waals surface area contributed by atoms with Crippen molar-refractivity contribution in [3.8, 4) is 34.9 Å². The second-order valence-corrected chi connectivity index (χ2v) is 9.76. The third kappa shape index (κ3) is 4.84. The van der Waals surface area contributed by atoms with Crippen LogP contribution in [-0.4, -0.2) is 29.0 Å². The molecule has 2 aromatic carbocycles. The maximum atomic E-state index is 12.4. The molecule has 35 heavy (non-hydrogen) atoms. The van der Waals surface area contributed by atoms with Crippen molar-refractivity contribution in [2.24, 2.45) is 11.8 Å². The third-order valence-corrected chi connectivity index (χ3v) is 7.46. The number of methoxy groups -OCH3 is 1. The molecular formula is C30H32N2O3. The highest BCUT2D eigenvalue weighted by atomic mass is 16.5. The number of carbonyl (C=O) groups is 1. The molecule has 5 rings (SSSR count). The third-order valence-electron chi connectivity index (χ3n) is 7.46. The minimum Gasteiger partial charge on any atom is -0.490 e. The number of aromatic nitrogens is 2. The van der Waals surface area contributed by atoms with Gasteiger partial charge in [0.05, 0.1) is 30.8 Å². The average molecular weight is 469 g/mol. The van der Waals surface area contributed by atoms with Gasteiger partial charge >= 0.3 is 5.97 Å². The zero-order chi connectivity index (χ0) is 24.4. The molecule has 0 spiro atoms. The van der Waals surface area contributed by atoms with Crippen LogP contribution in [0.1, 0.15) is 67.4 Å². The molecule has 0 amide bonds. The van der Waals surface area contributed by atoms with E-state index in [4.69, 9.17) is 15.9 Å². The summed E-state index contributed by atoms with van der Waals surface area (Å²) in [6, 6.07) is 16.5. The van der Waals surface area contributed by atoms with Gasteiger partial charge in [0.2, 0.25) is 0 Å². The van der Waals surface area contributed by atoms with Crippen LogP contribution < -0.4 is 4.74 Å². The minimum absolute atomic E-state index is 0.109. The van der Waals surface area contributed by atoms with Gasteiger partial charge < -0.3 is 9.47 Å². The Morgan fingerprint density at radius 2 is 1.86 bits per heavy atom. The first-order chi connectivity index (χ1) is 17.1. The highest BCUT2D eigenvalue weighted by Crippen LogP contribution is 2.48. The number of carbonyl (C=O) groups excluding carboxylic acids is 1. The summed E-state index contributed by atoms with van der Waals surface area (Å²) in [4.78, 5) is 12.4. The largest absolute Gasteiger partial charge is 0.490 e. The van der Waals surface area contributed by atoms with Crippen LogP contribution in [0.4, 0.5) is 0 Å². The molecule has 0 aliphatic heterocycles. The summed E-state index contributed by atoms with van der Waals surface area (Å²) in [6.07, 6.45) is 14.8. The monoisotopic (exact) mass is 468 g/mol. The van der Waals surface area contributed by atoms with Crippen LogP contribution in [0.25, 0.3) is 16.8 Å². The molecule has 3 atom stereocenters. The Morgan fingerprint density at radius 1 is 1.11 bits per heavy atom. The van der Waals surface area contributed by atoms with Crippen LogP contribution in [0.3, 0.4) is 0 Å². The Labute approximate surface area is 207 Å². The lowest BCUT2D eigenvalue weighted by atomic mass is 9.86. The molecule has 0 N–H and O–H groups in total. The number of rotatable bonds is 7. The van der Waals surface area contributed by atoms with E-state index in [0.717, 1.165) is 34.7 Å². The number of ether oxygens (including phenoxy) is 2. The Balaban J connectivity index is 1.42. The minimum atomic E-state index is -0.387. The van der Waals surface area contributed by atoms with Gasteiger partial charge in [0.15, 0.2) is 0 Å². The highest BCUT2D eigenvalue weighted by Gasteiger charge is 2.42. The Bertz CT molecular complexity index is 1250. The van der Waals surface area contributed by atoms with Crippen molar-refractivity contribution in [3.05, 3.63) is 66.0 Å². The van der Waals surface area contributed by atoms with Crippen molar-refractivity contribution in [3.63, 3.8) is 0 Å². The number of nitrogens with zero attached hydrogens (tertiary/aromatic N) is 2. The Kier molecular flexibility index (Phi) is 6.63. The fraction of sp³-hybridized carbons (Fsp3) is 0.400. The van der Waals surface area contributed by atoms with Gasteiger partial charge in [0, 0.05) is 11.8 Å². The summed E-state index contributed by atoms with van der Waals surface area (Å²) >= 11 is 0. The fourth-order valence-corrected chi connectivity index (χ4v) is 5.35. The van der Waals surface area contributed by atoms with Crippen LogP contribution in [0.5, 0.6) is 5.75 Å². The summed E-state index contributed by atoms with van der Waals surface area (Å²) in [5.41, 5.74) is 4.33. The van der Waals surface area contributed by atoms with E-state index >= 15 is 0 Å². The van der Waals surface area contributed by atoms with Crippen LogP contribution in [-0.2, 0) is 4.74 Å². The number of benzene rings is 2. The predicted octanol–water partition coefficient (Wildman–Crippen LogP) is 6.41. The van der Waals surface area contributed by atoms with E-state index in [-0.39, 0.29) is 23.9 Å². The van der Waals surface area contributed by atoms with Gasteiger partial charge in [0.25, 0.3) is 0 Å². The van der Waals surface area contributed by atoms with E-state index in [1.54, 1.807) is 6.20 Å². The summed E-state index contributed by atoms with van der Waals surface area (Å²) in [5, 5.41) is 4.55. The molecule has 2 aliphatic rings. The molecule has 180 valence electrons. The molecule has 0 unspecified atom stereocenters. The van der Waals surface area contributed by atoms with E-state index in [2.05, 4.69) is 42.2 Å². The molecule has 2 aliphatic carbocycles. The van der Waals surface area contributed by atoms with Gasteiger partial charge in [-0.25, -0.2) is 9.48 Å². The molecule has 0 saturated heterocycles. The second-order valence-electron chi connectivity index (χ2n) is 9.76. The predicted molar refractivity (Wildman–Crippen MR) is 137 cm³/mol. The quantitative estimate of drug-likeness (QED) is 0.297. The van der Waals surface area contributed by atoms with Crippen molar-refractivity contribution in [2.45, 2.75) is 57.5 Å². The van der Waals surface area contributed by atoms with Gasteiger partial charge in [-0.2, -0.15) is 5.10 Å². The zero-order valence-electron chi connectivity index (χ0n) is 20.4. The number of hydrogen-bond donors (Lipinski definition) is 0. The molecule has 2 saturated carbocycles. The Hall–Kier alpha value is -3.52. The maximum Gasteiger partial charge on any atom is 0.341 e. The molecule has 1 aromatic heterocycles. The van der Waals surface area contributed by atoms with E-state index in [1.807, 2.05) is 28.9 Å². The molecule has 2 fully saturated rings. The van der Waals surface area contributed by atoms with Gasteiger partial charge in [-0.05, 0) is 67.5 Å². The van der Waals surface area contributed by atoms with E-state index in [0.29, 0.717) is 11.5 Å². The number of terminal acetylenes is 1. The Morgan fingerprint density at radius 3 is 2.57 bits per heavy atom. The average Bonchev–Trinajstić information content (AvgIpc) is 3.56. The van der Waals surface area contributed by atoms with E-state index in [9.17, 15) is 4.79 Å². The van der Waals surface area contributed by atoms with Crippen LogP contribution in [0, 0.1) is 24.2 Å². The summed E-state index contributed by atoms with van der Waals surface area (Å²) in [5.74, 6) is 4.19. The lowest BCUT2D eigenvalue weighted by Crippen LogP contribution is -2.25. The summed E-state index contributed by atoms with van der Waals surface area (Å²) in [6.45, 7) is 2.20. The van der Waals surface area contributed by atoms with Gasteiger partial charge in [-0.15, -0.1) is 12.3 Å². The maximum absolute atomic E-state index is 12.4. The lowest BCUT2D eigenvalue weighted by molar-refractivity contribution is 0.0599. The van der Waals surface area contributed by atoms with Crippen molar-refractivity contribution < 1.29 is 14.3 Å². The van der Waals surface area contributed by atoms with Crippen LogP contribution in [0.2, 0.25) is 0 Å². The van der Waals surface area contributed by atoms with E-state index < -0.39 is 0 Å². The lowest BCUT2D eigenvalue weighted by Gasteiger charge is -2.28. The summed E-state index contributed by atoms with van der Waals surface area (Å²) in [7, 11) is 1.39. The van der Waals surface area contributed by atoms with Crippen LogP contribution >= 0.6 is 0 Å². The first-order valence-corrected chi connectivity index (χ1v) is 12.6. The van der Waals surface area contributed by atoms with Crippen molar-refractivity contribution in [1.29, 1.82) is 0 Å². The molecule has 5 heteroatoms. The standard InChI is InChI=1S/C30H32N2O3/c1-4-21-18-27(21)29-28(30(33)34-3)19-31-32(29)25-14-8-12-23(16-25)24-13-9-15-26(17-24)35-20(2)22-10-6-5-7-11-22/h1,8-9,12-17,19-22,27H,5-7,10-11,18H2,2-3H3/t20-,21+,27-/m0/s1. The highest BCUT2D eigenvalue weighted by molar-refractivity contribution is 5.91.